The zero-order valence-corrected chi connectivity index (χ0v) is 22.6. The Bertz CT molecular complexity index is 1430. The Hall–Kier alpha value is -4.29. The van der Waals surface area contributed by atoms with Crippen LogP contribution in [0.3, 0.4) is 0 Å². The number of nitrogens with zero attached hydrogens (tertiary/aromatic N) is 3. The smallest absolute Gasteiger partial charge is 0.222 e. The molecule has 0 saturated carbocycles. The summed E-state index contributed by atoms with van der Waals surface area (Å²) in [7, 11) is 0. The molecule has 5 nitrogen and oxygen atoms in total. The highest BCUT2D eigenvalue weighted by molar-refractivity contribution is 7.09. The Morgan fingerprint density at radius 3 is 1.95 bits per heavy atom. The largest absolute Gasteiger partial charge is 0.349 e. The van der Waals surface area contributed by atoms with E-state index >= 15 is 0 Å². The SMILES string of the molecule is O=C(CCN(Cc1ccccc1)c1nc(Cc2ccccc2)ns1)NC(Cc1ccccc1)c1ccccc1. The summed E-state index contributed by atoms with van der Waals surface area (Å²) in [5.74, 6) is 0.822. The third-order valence-electron chi connectivity index (χ3n) is 6.58. The van der Waals surface area contributed by atoms with Crippen LogP contribution in [0.1, 0.15) is 40.5 Å². The molecule has 0 saturated heterocycles. The van der Waals surface area contributed by atoms with Crippen LogP contribution in [0.4, 0.5) is 5.13 Å². The maximum absolute atomic E-state index is 13.3. The summed E-state index contributed by atoms with van der Waals surface area (Å²) in [6.07, 6.45) is 1.79. The van der Waals surface area contributed by atoms with Gasteiger partial charge >= 0.3 is 0 Å². The molecule has 0 radical (unpaired) electrons. The van der Waals surface area contributed by atoms with Crippen LogP contribution in [-0.4, -0.2) is 21.8 Å². The first-order valence-corrected chi connectivity index (χ1v) is 14.0. The third-order valence-corrected chi connectivity index (χ3v) is 7.39. The van der Waals surface area contributed by atoms with Crippen molar-refractivity contribution in [3.05, 3.63) is 149 Å². The van der Waals surface area contributed by atoms with Gasteiger partial charge in [0.1, 0.15) is 5.82 Å². The van der Waals surface area contributed by atoms with Crippen LogP contribution in [0.2, 0.25) is 0 Å². The number of hydrogen-bond acceptors (Lipinski definition) is 5. The Morgan fingerprint density at radius 1 is 0.744 bits per heavy atom. The van der Waals surface area contributed by atoms with Gasteiger partial charge in [0.25, 0.3) is 0 Å². The van der Waals surface area contributed by atoms with E-state index in [0.29, 0.717) is 25.9 Å². The second-order valence-electron chi connectivity index (χ2n) is 9.53. The molecule has 1 heterocycles. The van der Waals surface area contributed by atoms with Crippen LogP contribution < -0.4 is 10.2 Å². The van der Waals surface area contributed by atoms with Gasteiger partial charge in [-0.1, -0.05) is 121 Å². The topological polar surface area (TPSA) is 58.1 Å². The van der Waals surface area contributed by atoms with Gasteiger partial charge in [-0.2, -0.15) is 4.37 Å². The average Bonchev–Trinajstić information content (AvgIpc) is 3.45. The lowest BCUT2D eigenvalue weighted by Crippen LogP contribution is -2.33. The highest BCUT2D eigenvalue weighted by Crippen LogP contribution is 2.23. The normalized spacial score (nSPS) is 11.6. The van der Waals surface area contributed by atoms with Gasteiger partial charge in [0.15, 0.2) is 0 Å². The highest BCUT2D eigenvalue weighted by Gasteiger charge is 2.19. The van der Waals surface area contributed by atoms with Crippen molar-refractivity contribution in [2.75, 3.05) is 11.4 Å². The Morgan fingerprint density at radius 2 is 1.31 bits per heavy atom. The molecule has 196 valence electrons. The van der Waals surface area contributed by atoms with Crippen LogP contribution in [0.25, 0.3) is 0 Å². The molecule has 5 rings (SSSR count). The molecule has 1 atom stereocenters. The van der Waals surface area contributed by atoms with E-state index in [0.717, 1.165) is 22.9 Å². The predicted octanol–water partition coefficient (Wildman–Crippen LogP) is 6.63. The molecule has 0 aliphatic rings. The molecule has 6 heteroatoms. The second-order valence-corrected chi connectivity index (χ2v) is 10.3. The summed E-state index contributed by atoms with van der Waals surface area (Å²) < 4.78 is 4.62. The standard InChI is InChI=1S/C33H32N4OS/c38-32(34-30(29-19-11-4-12-20-29)23-26-13-5-1-6-14-26)21-22-37(25-28-17-9-3-10-18-28)33-35-31(36-39-33)24-27-15-7-2-8-16-27/h1-20,30H,21-25H2,(H,34,38). The minimum Gasteiger partial charge on any atom is -0.349 e. The summed E-state index contributed by atoms with van der Waals surface area (Å²) >= 11 is 1.39. The quantitative estimate of drug-likeness (QED) is 0.196. The van der Waals surface area contributed by atoms with Gasteiger partial charge in [0, 0.05) is 37.5 Å². The number of nitrogens with one attached hydrogen (secondary N) is 1. The van der Waals surface area contributed by atoms with Gasteiger partial charge in [-0.05, 0) is 28.7 Å². The number of hydrogen-bond donors (Lipinski definition) is 1. The first-order chi connectivity index (χ1) is 19.2. The van der Waals surface area contributed by atoms with E-state index in [9.17, 15) is 4.79 Å². The van der Waals surface area contributed by atoms with E-state index in [1.165, 1.54) is 28.2 Å². The maximum atomic E-state index is 13.3. The van der Waals surface area contributed by atoms with Gasteiger partial charge in [-0.15, -0.1) is 0 Å². The zero-order valence-electron chi connectivity index (χ0n) is 21.8. The lowest BCUT2D eigenvalue weighted by Gasteiger charge is -2.23. The molecule has 0 aliphatic heterocycles. The molecule has 1 aromatic heterocycles. The summed E-state index contributed by atoms with van der Waals surface area (Å²) in [5, 5.41) is 4.13. The van der Waals surface area contributed by atoms with Crippen LogP contribution in [0.15, 0.2) is 121 Å². The second kappa shape index (κ2) is 13.5. The molecule has 0 bridgehead atoms. The molecule has 0 aliphatic carbocycles. The maximum Gasteiger partial charge on any atom is 0.222 e. The first kappa shape index (κ1) is 26.3. The molecular formula is C33H32N4OS. The number of carbonyl (C=O) groups is 1. The van der Waals surface area contributed by atoms with Crippen LogP contribution >= 0.6 is 11.5 Å². The van der Waals surface area contributed by atoms with Crippen molar-refractivity contribution < 1.29 is 4.79 Å². The lowest BCUT2D eigenvalue weighted by atomic mass is 9.98. The van der Waals surface area contributed by atoms with E-state index in [2.05, 4.69) is 63.1 Å². The number of amides is 1. The van der Waals surface area contributed by atoms with Crippen molar-refractivity contribution in [2.45, 2.75) is 31.8 Å². The van der Waals surface area contributed by atoms with E-state index in [1.54, 1.807) is 0 Å². The van der Waals surface area contributed by atoms with Crippen molar-refractivity contribution in [1.29, 1.82) is 0 Å². The molecule has 1 N–H and O–H groups in total. The van der Waals surface area contributed by atoms with Crippen molar-refractivity contribution in [3.63, 3.8) is 0 Å². The Balaban J connectivity index is 1.28. The molecule has 1 unspecified atom stereocenters. The number of aromatic nitrogens is 2. The fourth-order valence-corrected chi connectivity index (χ4v) is 5.27. The summed E-state index contributed by atoms with van der Waals surface area (Å²) in [6, 6.07) is 40.9. The van der Waals surface area contributed by atoms with Crippen molar-refractivity contribution in [3.8, 4) is 0 Å². The zero-order chi connectivity index (χ0) is 26.7. The fraction of sp³-hybridized carbons (Fsp3) is 0.182. The van der Waals surface area contributed by atoms with Gasteiger partial charge in [0.2, 0.25) is 11.0 Å². The number of benzene rings is 4. The molecule has 4 aromatic carbocycles. The number of carbonyl (C=O) groups excluding carboxylic acids is 1. The van der Waals surface area contributed by atoms with Gasteiger partial charge in [0.05, 0.1) is 6.04 Å². The third kappa shape index (κ3) is 7.85. The summed E-state index contributed by atoms with van der Waals surface area (Å²) in [5.41, 5.74) is 4.65. The molecule has 0 spiro atoms. The predicted molar refractivity (Wildman–Crippen MR) is 159 cm³/mol. The van der Waals surface area contributed by atoms with E-state index in [-0.39, 0.29) is 11.9 Å². The van der Waals surface area contributed by atoms with Crippen LogP contribution in [-0.2, 0) is 24.2 Å². The van der Waals surface area contributed by atoms with Crippen molar-refractivity contribution >= 4 is 22.6 Å². The minimum absolute atomic E-state index is 0.0203. The van der Waals surface area contributed by atoms with Gasteiger partial charge in [-0.25, -0.2) is 4.98 Å². The van der Waals surface area contributed by atoms with E-state index in [4.69, 9.17) is 4.98 Å². The first-order valence-electron chi connectivity index (χ1n) is 13.3. The van der Waals surface area contributed by atoms with Gasteiger partial charge < -0.3 is 10.2 Å². The Labute approximate surface area is 234 Å². The summed E-state index contributed by atoms with van der Waals surface area (Å²) in [4.78, 5) is 20.3. The van der Waals surface area contributed by atoms with E-state index in [1.807, 2.05) is 72.8 Å². The number of anilines is 1. The summed E-state index contributed by atoms with van der Waals surface area (Å²) in [6.45, 7) is 1.22. The minimum atomic E-state index is -0.0947. The molecular weight excluding hydrogens is 500 g/mol. The lowest BCUT2D eigenvalue weighted by molar-refractivity contribution is -0.121. The molecule has 1 amide bonds. The van der Waals surface area contributed by atoms with E-state index < -0.39 is 0 Å². The monoisotopic (exact) mass is 532 g/mol. The van der Waals surface area contributed by atoms with Gasteiger partial charge in [-0.3, -0.25) is 4.79 Å². The van der Waals surface area contributed by atoms with Crippen LogP contribution in [0.5, 0.6) is 0 Å². The average molecular weight is 533 g/mol. The molecule has 0 fully saturated rings. The highest BCUT2D eigenvalue weighted by atomic mass is 32.1. The molecule has 5 aromatic rings. The van der Waals surface area contributed by atoms with Crippen molar-refractivity contribution in [2.24, 2.45) is 0 Å². The Kier molecular flexibility index (Phi) is 9.10. The fourth-order valence-electron chi connectivity index (χ4n) is 4.56. The van der Waals surface area contributed by atoms with Crippen molar-refractivity contribution in [1.82, 2.24) is 14.7 Å². The van der Waals surface area contributed by atoms with Crippen LogP contribution in [0, 0.1) is 0 Å². The molecule has 39 heavy (non-hydrogen) atoms. The number of rotatable bonds is 12.